The Kier molecular flexibility index (Phi) is 6.34. The van der Waals surface area contributed by atoms with E-state index in [1.54, 1.807) is 0 Å². The van der Waals surface area contributed by atoms with Crippen molar-refractivity contribution in [3.63, 3.8) is 0 Å². The van der Waals surface area contributed by atoms with Crippen molar-refractivity contribution in [2.45, 2.75) is 33.0 Å². The highest BCUT2D eigenvalue weighted by Gasteiger charge is 2.21. The fourth-order valence-corrected chi connectivity index (χ4v) is 2.83. The summed E-state index contributed by atoms with van der Waals surface area (Å²) in [5.41, 5.74) is 2.99. The first kappa shape index (κ1) is 17.2. The van der Waals surface area contributed by atoms with E-state index in [-0.39, 0.29) is 12.6 Å². The molecule has 0 saturated carbocycles. The predicted octanol–water partition coefficient (Wildman–Crippen LogP) is 3.58. The highest BCUT2D eigenvalue weighted by molar-refractivity contribution is 5.32. The summed E-state index contributed by atoms with van der Waals surface area (Å²) in [6.07, 6.45) is 0. The molecular weight excluding hydrogens is 284 g/mol. The van der Waals surface area contributed by atoms with Crippen molar-refractivity contribution in [2.24, 2.45) is 5.92 Å². The molecule has 0 aliphatic carbocycles. The summed E-state index contributed by atoms with van der Waals surface area (Å²) >= 11 is 0. The lowest BCUT2D eigenvalue weighted by atomic mass is 10.0. The molecule has 0 spiro atoms. The van der Waals surface area contributed by atoms with E-state index < -0.39 is 0 Å². The summed E-state index contributed by atoms with van der Waals surface area (Å²) in [7, 11) is 0. The van der Waals surface area contributed by atoms with Crippen LogP contribution in [0.4, 0.5) is 0 Å². The van der Waals surface area contributed by atoms with Gasteiger partial charge in [-0.1, -0.05) is 56.3 Å². The van der Waals surface area contributed by atoms with Gasteiger partial charge in [0.1, 0.15) is 0 Å². The molecule has 0 saturated heterocycles. The number of aliphatic hydroxyl groups excluding tert-OH is 1. The second-order valence-corrected chi connectivity index (χ2v) is 6.20. The van der Waals surface area contributed by atoms with Gasteiger partial charge >= 0.3 is 0 Å². The van der Waals surface area contributed by atoms with Crippen LogP contribution >= 0.6 is 0 Å². The Morgan fingerprint density at radius 1 is 1.00 bits per heavy atom. The molecule has 1 atom stereocenters. The third kappa shape index (κ3) is 4.92. The van der Waals surface area contributed by atoms with Gasteiger partial charge in [0.15, 0.2) is 0 Å². The molecule has 0 bridgehead atoms. The van der Waals surface area contributed by atoms with Crippen molar-refractivity contribution in [3.05, 3.63) is 71.3 Å². The lowest BCUT2D eigenvalue weighted by Gasteiger charge is -2.33. The van der Waals surface area contributed by atoms with E-state index in [0.717, 1.165) is 12.1 Å². The minimum absolute atomic E-state index is 0.0842. The second-order valence-electron chi connectivity index (χ2n) is 6.20. The van der Waals surface area contributed by atoms with Crippen LogP contribution in [0.1, 0.15) is 30.5 Å². The van der Waals surface area contributed by atoms with Gasteiger partial charge in [-0.25, -0.2) is 0 Å². The number of aliphatic hydroxyl groups is 1. The van der Waals surface area contributed by atoms with E-state index >= 15 is 0 Å². The third-order valence-electron chi connectivity index (χ3n) is 4.10. The zero-order chi connectivity index (χ0) is 16.7. The summed E-state index contributed by atoms with van der Waals surface area (Å²) in [5, 5.41) is 18.9. The molecule has 0 heterocycles. The monoisotopic (exact) mass is 308 g/mol. The summed E-state index contributed by atoms with van der Waals surface area (Å²) in [6.45, 7) is 5.88. The van der Waals surface area contributed by atoms with E-state index in [0.29, 0.717) is 18.0 Å². The molecule has 0 fully saturated rings. The zero-order valence-electron chi connectivity index (χ0n) is 13.8. The first-order valence-corrected chi connectivity index (χ1v) is 8.02. The van der Waals surface area contributed by atoms with E-state index in [1.165, 1.54) is 5.56 Å². The SMILES string of the molecule is CC(C)C(CO)N(Cc1ccccc1)Cc1cccc(C#N)c1. The number of benzene rings is 2. The molecule has 0 aromatic heterocycles. The van der Waals surface area contributed by atoms with Gasteiger partial charge in [0, 0.05) is 19.1 Å². The molecule has 2 aromatic carbocycles. The van der Waals surface area contributed by atoms with Gasteiger partial charge in [0.2, 0.25) is 0 Å². The molecule has 0 amide bonds. The van der Waals surface area contributed by atoms with Gasteiger partial charge < -0.3 is 5.11 Å². The maximum absolute atomic E-state index is 9.83. The average molecular weight is 308 g/mol. The van der Waals surface area contributed by atoms with Crippen molar-refractivity contribution in [1.82, 2.24) is 4.90 Å². The predicted molar refractivity (Wildman–Crippen MR) is 92.6 cm³/mol. The van der Waals surface area contributed by atoms with E-state index in [2.05, 4.69) is 36.9 Å². The molecule has 1 N–H and O–H groups in total. The van der Waals surface area contributed by atoms with Crippen molar-refractivity contribution in [1.29, 1.82) is 5.26 Å². The quantitative estimate of drug-likeness (QED) is 0.850. The van der Waals surface area contributed by atoms with Gasteiger partial charge in [0.05, 0.1) is 18.2 Å². The van der Waals surface area contributed by atoms with Gasteiger partial charge in [-0.2, -0.15) is 5.26 Å². The van der Waals surface area contributed by atoms with Gasteiger partial charge in [0.25, 0.3) is 0 Å². The van der Waals surface area contributed by atoms with Crippen LogP contribution < -0.4 is 0 Å². The molecule has 120 valence electrons. The van der Waals surface area contributed by atoms with Crippen molar-refractivity contribution >= 4 is 0 Å². The van der Waals surface area contributed by atoms with Crippen LogP contribution in [0.15, 0.2) is 54.6 Å². The molecule has 0 radical (unpaired) electrons. The maximum atomic E-state index is 9.83. The first-order chi connectivity index (χ1) is 11.1. The minimum Gasteiger partial charge on any atom is -0.395 e. The molecule has 2 aromatic rings. The van der Waals surface area contributed by atoms with Crippen LogP contribution in [-0.2, 0) is 13.1 Å². The largest absolute Gasteiger partial charge is 0.395 e. The maximum Gasteiger partial charge on any atom is 0.0991 e. The Morgan fingerprint density at radius 2 is 1.65 bits per heavy atom. The molecule has 3 heteroatoms. The van der Waals surface area contributed by atoms with Crippen LogP contribution in [0.5, 0.6) is 0 Å². The van der Waals surface area contributed by atoms with E-state index in [4.69, 9.17) is 5.26 Å². The standard InChI is InChI=1S/C20H24N2O/c1-16(2)20(15-23)22(13-17-7-4-3-5-8-17)14-19-10-6-9-18(11-19)12-21/h3-11,16,20,23H,13-15H2,1-2H3. The highest BCUT2D eigenvalue weighted by atomic mass is 16.3. The summed E-state index contributed by atoms with van der Waals surface area (Å²) in [4.78, 5) is 2.29. The van der Waals surface area contributed by atoms with Crippen LogP contribution in [-0.4, -0.2) is 22.7 Å². The summed E-state index contributed by atoms with van der Waals surface area (Å²) in [5.74, 6) is 0.350. The van der Waals surface area contributed by atoms with Crippen LogP contribution in [0, 0.1) is 17.2 Å². The van der Waals surface area contributed by atoms with Gasteiger partial charge in [-0.3, -0.25) is 4.90 Å². The number of rotatable bonds is 7. The first-order valence-electron chi connectivity index (χ1n) is 8.02. The molecule has 23 heavy (non-hydrogen) atoms. The number of hydrogen-bond acceptors (Lipinski definition) is 3. The number of nitriles is 1. The Balaban J connectivity index is 2.23. The Morgan fingerprint density at radius 3 is 2.26 bits per heavy atom. The smallest absolute Gasteiger partial charge is 0.0991 e. The van der Waals surface area contributed by atoms with Crippen molar-refractivity contribution in [3.8, 4) is 6.07 Å². The molecule has 1 unspecified atom stereocenters. The Labute approximate surface area is 138 Å². The third-order valence-corrected chi connectivity index (χ3v) is 4.10. The molecule has 0 aliphatic rings. The van der Waals surface area contributed by atoms with Gasteiger partial charge in [-0.15, -0.1) is 0 Å². The zero-order valence-corrected chi connectivity index (χ0v) is 13.8. The van der Waals surface area contributed by atoms with Crippen molar-refractivity contribution in [2.75, 3.05) is 6.61 Å². The van der Waals surface area contributed by atoms with Crippen LogP contribution in [0.3, 0.4) is 0 Å². The van der Waals surface area contributed by atoms with Crippen LogP contribution in [0.2, 0.25) is 0 Å². The highest BCUT2D eigenvalue weighted by Crippen LogP contribution is 2.18. The number of nitrogens with zero attached hydrogens (tertiary/aromatic N) is 2. The van der Waals surface area contributed by atoms with E-state index in [9.17, 15) is 5.11 Å². The Hall–Kier alpha value is -2.15. The fraction of sp³-hybridized carbons (Fsp3) is 0.350. The number of hydrogen-bond donors (Lipinski definition) is 1. The summed E-state index contributed by atoms with van der Waals surface area (Å²) in [6, 6.07) is 20.3. The van der Waals surface area contributed by atoms with Crippen LogP contribution in [0.25, 0.3) is 0 Å². The second kappa shape index (κ2) is 8.47. The summed E-state index contributed by atoms with van der Waals surface area (Å²) < 4.78 is 0. The van der Waals surface area contributed by atoms with Gasteiger partial charge in [-0.05, 0) is 29.2 Å². The van der Waals surface area contributed by atoms with Crippen molar-refractivity contribution < 1.29 is 5.11 Å². The van der Waals surface area contributed by atoms with E-state index in [1.807, 2.05) is 42.5 Å². The molecule has 0 aliphatic heterocycles. The molecule has 3 nitrogen and oxygen atoms in total. The molecule has 2 rings (SSSR count). The minimum atomic E-state index is 0.0842. The Bertz CT molecular complexity index is 646. The average Bonchev–Trinajstić information content (AvgIpc) is 2.56. The topological polar surface area (TPSA) is 47.3 Å². The fourth-order valence-electron chi connectivity index (χ4n) is 2.83. The lowest BCUT2D eigenvalue weighted by molar-refractivity contribution is 0.0784. The lowest BCUT2D eigenvalue weighted by Crippen LogP contribution is -2.40. The normalized spacial score (nSPS) is 12.3. The molecular formula is C20H24N2O.